The van der Waals surface area contributed by atoms with Gasteiger partial charge in [-0.25, -0.2) is 4.98 Å². The summed E-state index contributed by atoms with van der Waals surface area (Å²) < 4.78 is 1.25. The van der Waals surface area contributed by atoms with E-state index in [1.807, 2.05) is 61.5 Å². The summed E-state index contributed by atoms with van der Waals surface area (Å²) in [4.78, 5) is 18.6. The third kappa shape index (κ3) is 2.74. The van der Waals surface area contributed by atoms with E-state index in [0.29, 0.717) is 10.9 Å². The second-order valence-corrected chi connectivity index (χ2v) is 5.14. The SMILES string of the molecule is CN(C)c1ccc(C=Nn2cnc3ccccc3c2=O)cc1. The van der Waals surface area contributed by atoms with E-state index in [9.17, 15) is 4.79 Å². The Bertz CT molecular complexity index is 879. The molecule has 0 aliphatic heterocycles. The number of hydrogen-bond donors (Lipinski definition) is 0. The highest BCUT2D eigenvalue weighted by atomic mass is 16.1. The average molecular weight is 292 g/mol. The second kappa shape index (κ2) is 5.81. The Balaban J connectivity index is 1.92. The van der Waals surface area contributed by atoms with Gasteiger partial charge in [0.05, 0.1) is 17.1 Å². The molecule has 0 amide bonds. The molecule has 0 spiro atoms. The molecule has 1 heterocycles. The van der Waals surface area contributed by atoms with Crippen LogP contribution in [0, 0.1) is 0 Å². The number of para-hydroxylation sites is 1. The molecule has 0 aliphatic carbocycles. The van der Waals surface area contributed by atoms with Crippen LogP contribution >= 0.6 is 0 Å². The topological polar surface area (TPSA) is 50.5 Å². The molecule has 22 heavy (non-hydrogen) atoms. The smallest absolute Gasteiger partial charge is 0.281 e. The van der Waals surface area contributed by atoms with Gasteiger partial charge in [0.15, 0.2) is 0 Å². The van der Waals surface area contributed by atoms with Gasteiger partial charge in [0.1, 0.15) is 6.33 Å². The van der Waals surface area contributed by atoms with Crippen LogP contribution in [0.1, 0.15) is 5.56 Å². The van der Waals surface area contributed by atoms with Gasteiger partial charge >= 0.3 is 0 Å². The van der Waals surface area contributed by atoms with E-state index < -0.39 is 0 Å². The summed E-state index contributed by atoms with van der Waals surface area (Å²) in [6.07, 6.45) is 3.09. The van der Waals surface area contributed by atoms with Gasteiger partial charge < -0.3 is 4.90 Å². The van der Waals surface area contributed by atoms with Crippen molar-refractivity contribution in [2.75, 3.05) is 19.0 Å². The van der Waals surface area contributed by atoms with Crippen LogP contribution in [0.4, 0.5) is 5.69 Å². The number of nitrogens with zero attached hydrogens (tertiary/aromatic N) is 4. The first-order valence-electron chi connectivity index (χ1n) is 6.93. The van der Waals surface area contributed by atoms with Crippen molar-refractivity contribution in [3.8, 4) is 0 Å². The largest absolute Gasteiger partial charge is 0.378 e. The quantitative estimate of drug-likeness (QED) is 0.696. The van der Waals surface area contributed by atoms with Crippen molar-refractivity contribution in [2.24, 2.45) is 5.10 Å². The van der Waals surface area contributed by atoms with Crippen molar-refractivity contribution < 1.29 is 0 Å². The average Bonchev–Trinajstić information content (AvgIpc) is 2.55. The van der Waals surface area contributed by atoms with E-state index in [0.717, 1.165) is 11.3 Å². The summed E-state index contributed by atoms with van der Waals surface area (Å²) in [7, 11) is 3.98. The molecule has 0 radical (unpaired) electrons. The van der Waals surface area contributed by atoms with Crippen molar-refractivity contribution in [3.63, 3.8) is 0 Å². The Morgan fingerprint density at radius 1 is 1.09 bits per heavy atom. The molecule has 0 unspecified atom stereocenters. The standard InChI is InChI=1S/C17H16N4O/c1-20(2)14-9-7-13(8-10-14)11-19-21-12-18-16-6-4-3-5-15(16)17(21)22/h3-12H,1-2H3. The summed E-state index contributed by atoms with van der Waals surface area (Å²) in [6, 6.07) is 15.2. The van der Waals surface area contributed by atoms with Crippen LogP contribution in [0.5, 0.6) is 0 Å². The number of benzene rings is 2. The van der Waals surface area contributed by atoms with Crippen molar-refractivity contribution >= 4 is 22.8 Å². The molecule has 1 aromatic heterocycles. The lowest BCUT2D eigenvalue weighted by Crippen LogP contribution is -2.17. The number of fused-ring (bicyclic) bond motifs is 1. The lowest BCUT2D eigenvalue weighted by Gasteiger charge is -2.11. The van der Waals surface area contributed by atoms with Gasteiger partial charge in [0.2, 0.25) is 0 Å². The Labute approximate surface area is 128 Å². The Morgan fingerprint density at radius 3 is 2.55 bits per heavy atom. The molecule has 5 heteroatoms. The number of aromatic nitrogens is 2. The number of anilines is 1. The minimum atomic E-state index is -0.174. The third-order valence-electron chi connectivity index (χ3n) is 3.39. The second-order valence-electron chi connectivity index (χ2n) is 5.14. The summed E-state index contributed by atoms with van der Waals surface area (Å²) in [6.45, 7) is 0. The van der Waals surface area contributed by atoms with E-state index in [2.05, 4.69) is 10.1 Å². The van der Waals surface area contributed by atoms with Gasteiger partial charge in [-0.1, -0.05) is 24.3 Å². The zero-order valence-corrected chi connectivity index (χ0v) is 12.5. The molecule has 0 bridgehead atoms. The molecular formula is C17H16N4O. The normalized spacial score (nSPS) is 11.2. The van der Waals surface area contributed by atoms with Crippen LogP contribution in [0.15, 0.2) is 64.8 Å². The first kappa shape index (κ1) is 14.0. The van der Waals surface area contributed by atoms with E-state index >= 15 is 0 Å². The van der Waals surface area contributed by atoms with Gasteiger partial charge in [-0.05, 0) is 29.8 Å². The molecule has 0 N–H and O–H groups in total. The lowest BCUT2D eigenvalue weighted by atomic mass is 10.2. The van der Waals surface area contributed by atoms with Crippen LogP contribution in [0.25, 0.3) is 10.9 Å². The molecule has 0 fully saturated rings. The molecule has 3 rings (SSSR count). The van der Waals surface area contributed by atoms with E-state index in [-0.39, 0.29) is 5.56 Å². The van der Waals surface area contributed by atoms with Gasteiger partial charge in [-0.15, -0.1) is 0 Å². The Kier molecular flexibility index (Phi) is 3.70. The fraction of sp³-hybridized carbons (Fsp3) is 0.118. The third-order valence-corrected chi connectivity index (χ3v) is 3.39. The van der Waals surface area contributed by atoms with E-state index in [4.69, 9.17) is 0 Å². The molecule has 0 aliphatic rings. The number of rotatable bonds is 3. The molecule has 0 saturated carbocycles. The molecule has 0 saturated heterocycles. The van der Waals surface area contributed by atoms with Crippen molar-refractivity contribution in [3.05, 3.63) is 70.8 Å². The number of hydrogen-bond acceptors (Lipinski definition) is 4. The van der Waals surface area contributed by atoms with E-state index in [1.165, 1.54) is 11.0 Å². The van der Waals surface area contributed by atoms with Crippen LogP contribution in [0.2, 0.25) is 0 Å². The maximum absolute atomic E-state index is 12.3. The summed E-state index contributed by atoms with van der Waals surface area (Å²) >= 11 is 0. The monoisotopic (exact) mass is 292 g/mol. The highest BCUT2D eigenvalue weighted by molar-refractivity contribution is 5.81. The summed E-state index contributed by atoms with van der Waals surface area (Å²) in [5, 5.41) is 4.76. The van der Waals surface area contributed by atoms with Gasteiger partial charge in [-0.2, -0.15) is 9.78 Å². The molecule has 110 valence electrons. The molecule has 0 atom stereocenters. The predicted octanol–water partition coefficient (Wildman–Crippen LogP) is 2.34. The lowest BCUT2D eigenvalue weighted by molar-refractivity contribution is 0.817. The minimum absolute atomic E-state index is 0.174. The van der Waals surface area contributed by atoms with Gasteiger partial charge in [-0.3, -0.25) is 4.79 Å². The fourth-order valence-corrected chi connectivity index (χ4v) is 2.13. The first-order chi connectivity index (χ1) is 10.6. The van der Waals surface area contributed by atoms with Gasteiger partial charge in [0, 0.05) is 19.8 Å². The van der Waals surface area contributed by atoms with Crippen LogP contribution < -0.4 is 10.5 Å². The molecule has 3 aromatic rings. The zero-order chi connectivity index (χ0) is 15.5. The first-order valence-corrected chi connectivity index (χ1v) is 6.93. The predicted molar refractivity (Wildman–Crippen MR) is 89.8 cm³/mol. The summed E-state index contributed by atoms with van der Waals surface area (Å²) in [5.41, 5.74) is 2.54. The van der Waals surface area contributed by atoms with Crippen LogP contribution in [-0.4, -0.2) is 30.0 Å². The Morgan fingerprint density at radius 2 is 1.82 bits per heavy atom. The molecule has 2 aromatic carbocycles. The zero-order valence-electron chi connectivity index (χ0n) is 12.5. The van der Waals surface area contributed by atoms with E-state index in [1.54, 1.807) is 12.3 Å². The van der Waals surface area contributed by atoms with Crippen molar-refractivity contribution in [2.45, 2.75) is 0 Å². The van der Waals surface area contributed by atoms with Crippen molar-refractivity contribution in [1.82, 2.24) is 9.66 Å². The van der Waals surface area contributed by atoms with Gasteiger partial charge in [0.25, 0.3) is 5.56 Å². The highest BCUT2D eigenvalue weighted by Gasteiger charge is 2.01. The maximum Gasteiger partial charge on any atom is 0.281 e. The minimum Gasteiger partial charge on any atom is -0.378 e. The molecular weight excluding hydrogens is 276 g/mol. The summed E-state index contributed by atoms with van der Waals surface area (Å²) in [5.74, 6) is 0. The fourth-order valence-electron chi connectivity index (χ4n) is 2.13. The Hall–Kier alpha value is -2.95. The highest BCUT2D eigenvalue weighted by Crippen LogP contribution is 2.11. The van der Waals surface area contributed by atoms with Crippen molar-refractivity contribution in [1.29, 1.82) is 0 Å². The maximum atomic E-state index is 12.3. The molecule has 5 nitrogen and oxygen atoms in total. The van der Waals surface area contributed by atoms with Crippen LogP contribution in [-0.2, 0) is 0 Å². The van der Waals surface area contributed by atoms with Crippen LogP contribution in [0.3, 0.4) is 0 Å².